The van der Waals surface area contributed by atoms with E-state index in [1.54, 1.807) is 14.2 Å². The molecule has 0 aromatic heterocycles. The van der Waals surface area contributed by atoms with Gasteiger partial charge in [-0.15, -0.1) is 0 Å². The van der Waals surface area contributed by atoms with E-state index in [1.165, 1.54) is 11.1 Å². The van der Waals surface area contributed by atoms with Gasteiger partial charge in [-0.25, -0.2) is 0 Å². The van der Waals surface area contributed by atoms with Gasteiger partial charge in [0.1, 0.15) is 11.5 Å². The normalized spacial score (nSPS) is 11.7. The van der Waals surface area contributed by atoms with Gasteiger partial charge in [-0.2, -0.15) is 0 Å². The molecule has 0 aliphatic carbocycles. The van der Waals surface area contributed by atoms with Crippen molar-refractivity contribution in [3.63, 3.8) is 0 Å². The Morgan fingerprint density at radius 3 is 2.09 bits per heavy atom. The zero-order chi connectivity index (χ0) is 17.4. The van der Waals surface area contributed by atoms with Crippen LogP contribution in [0.5, 0.6) is 11.5 Å². The lowest BCUT2D eigenvalue weighted by Gasteiger charge is -2.20. The van der Waals surface area contributed by atoms with Gasteiger partial charge in [-0.05, 0) is 69.6 Å². The van der Waals surface area contributed by atoms with E-state index in [1.807, 2.05) is 0 Å². The molecule has 0 unspecified atom stereocenters. The average molecular weight is 320 g/mol. The maximum Gasteiger partial charge on any atom is 0.126 e. The Balaban J connectivity index is 3.13. The molecule has 3 nitrogen and oxygen atoms in total. The lowest BCUT2D eigenvalue weighted by Crippen LogP contribution is -2.03. The maximum absolute atomic E-state index is 8.93. The van der Waals surface area contributed by atoms with Crippen LogP contribution in [0.4, 0.5) is 0 Å². The Hall–Kier alpha value is -1.48. The molecule has 0 bridgehead atoms. The third-order valence-electron chi connectivity index (χ3n) is 4.67. The molecule has 0 aliphatic heterocycles. The quantitative estimate of drug-likeness (QED) is 0.531. The van der Waals surface area contributed by atoms with Crippen molar-refractivity contribution in [3.8, 4) is 11.5 Å². The molecule has 1 N–H and O–H groups in total. The van der Waals surface area contributed by atoms with Crippen LogP contribution in [0.25, 0.3) is 0 Å². The topological polar surface area (TPSA) is 38.7 Å². The first-order valence-corrected chi connectivity index (χ1v) is 8.51. The Bertz CT molecular complexity index is 545. The van der Waals surface area contributed by atoms with Crippen LogP contribution in [0.3, 0.4) is 0 Å². The van der Waals surface area contributed by atoms with E-state index in [9.17, 15) is 0 Å². The van der Waals surface area contributed by atoms with E-state index in [0.717, 1.165) is 60.3 Å². The Kier molecular flexibility index (Phi) is 8.18. The summed E-state index contributed by atoms with van der Waals surface area (Å²) in [5.41, 5.74) is 6.11. The molecule has 23 heavy (non-hydrogen) atoms. The second kappa shape index (κ2) is 9.61. The number of rotatable bonds is 9. The highest BCUT2D eigenvalue weighted by Gasteiger charge is 2.17. The van der Waals surface area contributed by atoms with E-state index in [-0.39, 0.29) is 6.61 Å². The van der Waals surface area contributed by atoms with Gasteiger partial charge in [0, 0.05) is 12.2 Å². The van der Waals surface area contributed by atoms with Gasteiger partial charge in [-0.3, -0.25) is 0 Å². The van der Waals surface area contributed by atoms with E-state index < -0.39 is 0 Å². The van der Waals surface area contributed by atoms with Crippen molar-refractivity contribution in [2.75, 3.05) is 20.8 Å². The average Bonchev–Trinajstić information content (AvgIpc) is 2.55. The number of benzene rings is 1. The summed E-state index contributed by atoms with van der Waals surface area (Å²) in [4.78, 5) is 0. The number of methoxy groups -OCH3 is 2. The van der Waals surface area contributed by atoms with Crippen molar-refractivity contribution in [3.05, 3.63) is 33.9 Å². The minimum atomic E-state index is 0.276. The van der Waals surface area contributed by atoms with Crippen molar-refractivity contribution in [2.24, 2.45) is 0 Å². The summed E-state index contributed by atoms with van der Waals surface area (Å²) in [6.45, 7) is 8.74. The van der Waals surface area contributed by atoms with Gasteiger partial charge in [0.2, 0.25) is 0 Å². The molecule has 0 aliphatic rings. The van der Waals surface area contributed by atoms with Crippen LogP contribution >= 0.6 is 0 Å². The van der Waals surface area contributed by atoms with Crippen LogP contribution in [0.2, 0.25) is 0 Å². The number of ether oxygens (including phenoxy) is 2. The number of hydrogen-bond acceptors (Lipinski definition) is 3. The van der Waals surface area contributed by atoms with E-state index in [2.05, 4.69) is 33.8 Å². The molecule has 0 atom stereocenters. The summed E-state index contributed by atoms with van der Waals surface area (Å²) in [5.74, 6) is 1.94. The molecule has 1 aromatic carbocycles. The molecule has 0 spiro atoms. The Morgan fingerprint density at radius 2 is 1.57 bits per heavy atom. The summed E-state index contributed by atoms with van der Waals surface area (Å²) in [6.07, 6.45) is 7.19. The van der Waals surface area contributed by atoms with Crippen LogP contribution in [0.15, 0.2) is 11.6 Å². The molecule has 0 fully saturated rings. The van der Waals surface area contributed by atoms with Gasteiger partial charge in [0.25, 0.3) is 0 Å². The minimum Gasteiger partial charge on any atom is -0.496 e. The summed E-state index contributed by atoms with van der Waals surface area (Å²) in [6, 6.07) is 0. The Morgan fingerprint density at radius 1 is 0.957 bits per heavy atom. The second-order valence-corrected chi connectivity index (χ2v) is 6.02. The number of unbranched alkanes of at least 4 members (excludes halogenated alkanes) is 1. The number of allylic oxidation sites excluding steroid dienone is 2. The number of aliphatic hydroxyl groups is 1. The van der Waals surface area contributed by atoms with Crippen LogP contribution in [-0.4, -0.2) is 25.9 Å². The molecule has 130 valence electrons. The highest BCUT2D eigenvalue weighted by molar-refractivity contribution is 5.58. The predicted octanol–water partition coefficient (Wildman–Crippen LogP) is 4.67. The van der Waals surface area contributed by atoms with Gasteiger partial charge >= 0.3 is 0 Å². The first kappa shape index (κ1) is 19.6. The van der Waals surface area contributed by atoms with Crippen LogP contribution in [0.1, 0.15) is 54.9 Å². The molecule has 0 amide bonds. The fraction of sp³-hybridized carbons (Fsp3) is 0.600. The zero-order valence-corrected chi connectivity index (χ0v) is 15.6. The summed E-state index contributed by atoms with van der Waals surface area (Å²) in [5, 5.41) is 8.93. The monoisotopic (exact) mass is 320 g/mol. The van der Waals surface area contributed by atoms with Crippen LogP contribution in [-0.2, 0) is 6.42 Å². The van der Waals surface area contributed by atoms with Crippen molar-refractivity contribution >= 4 is 0 Å². The second-order valence-electron chi connectivity index (χ2n) is 6.02. The van der Waals surface area contributed by atoms with Gasteiger partial charge in [0.05, 0.1) is 14.2 Å². The van der Waals surface area contributed by atoms with E-state index in [4.69, 9.17) is 14.6 Å². The molecule has 0 radical (unpaired) electrons. The van der Waals surface area contributed by atoms with E-state index in [0.29, 0.717) is 0 Å². The third-order valence-corrected chi connectivity index (χ3v) is 4.67. The van der Waals surface area contributed by atoms with Gasteiger partial charge in [-0.1, -0.05) is 18.6 Å². The third kappa shape index (κ3) is 4.74. The van der Waals surface area contributed by atoms with Crippen LogP contribution in [0, 0.1) is 20.8 Å². The summed E-state index contributed by atoms with van der Waals surface area (Å²) < 4.78 is 11.3. The highest BCUT2D eigenvalue weighted by Crippen LogP contribution is 2.38. The van der Waals surface area contributed by atoms with Crippen molar-refractivity contribution in [1.29, 1.82) is 0 Å². The molecular weight excluding hydrogens is 288 g/mol. The molecule has 0 saturated carbocycles. The van der Waals surface area contributed by atoms with E-state index >= 15 is 0 Å². The predicted molar refractivity (Wildman–Crippen MR) is 96.8 cm³/mol. The SMILES string of the molecule is CC/C(=C\Cc1c(C)c(OC)c(C)c(C)c1OC)CCCCO. The molecule has 0 saturated heterocycles. The highest BCUT2D eigenvalue weighted by atomic mass is 16.5. The molecule has 0 heterocycles. The molecular formula is C20H32O3. The first-order chi connectivity index (χ1) is 11.0. The summed E-state index contributed by atoms with van der Waals surface area (Å²) in [7, 11) is 3.47. The first-order valence-electron chi connectivity index (χ1n) is 8.51. The Labute approximate surface area is 141 Å². The lowest BCUT2D eigenvalue weighted by atomic mass is 9.94. The van der Waals surface area contributed by atoms with Crippen molar-refractivity contribution in [2.45, 2.75) is 59.8 Å². The molecule has 1 aromatic rings. The maximum atomic E-state index is 8.93. The van der Waals surface area contributed by atoms with Gasteiger partial charge in [0.15, 0.2) is 0 Å². The standard InChI is InChI=1S/C20H32O3/c1-7-17(10-8-9-13-21)11-12-18-16(4)19(22-5)14(2)15(3)20(18)23-6/h11,21H,7-10,12-13H2,1-6H3/b17-11+. The molecule has 3 heteroatoms. The number of aliphatic hydroxyl groups excluding tert-OH is 1. The molecule has 1 rings (SSSR count). The van der Waals surface area contributed by atoms with Crippen molar-refractivity contribution < 1.29 is 14.6 Å². The smallest absolute Gasteiger partial charge is 0.126 e. The van der Waals surface area contributed by atoms with Gasteiger partial charge < -0.3 is 14.6 Å². The number of hydrogen-bond donors (Lipinski definition) is 1. The fourth-order valence-corrected chi connectivity index (χ4v) is 3.12. The summed E-state index contributed by atoms with van der Waals surface area (Å²) >= 11 is 0. The fourth-order valence-electron chi connectivity index (χ4n) is 3.12. The minimum absolute atomic E-state index is 0.276. The van der Waals surface area contributed by atoms with Crippen LogP contribution < -0.4 is 9.47 Å². The zero-order valence-electron chi connectivity index (χ0n) is 15.6. The lowest BCUT2D eigenvalue weighted by molar-refractivity contribution is 0.284. The van der Waals surface area contributed by atoms with Crippen molar-refractivity contribution in [1.82, 2.24) is 0 Å². The largest absolute Gasteiger partial charge is 0.496 e.